The molecular formula is C24H25ClN4O2. The smallest absolute Gasteiger partial charge is 0.253 e. The maximum atomic E-state index is 13.2. The number of nitrogens with one attached hydrogen (secondary N) is 1. The van der Waals surface area contributed by atoms with E-state index in [9.17, 15) is 9.90 Å². The molecular weight excluding hydrogens is 412 g/mol. The van der Waals surface area contributed by atoms with Crippen LogP contribution in [0.2, 0.25) is 5.02 Å². The molecule has 7 heteroatoms. The lowest BCUT2D eigenvalue weighted by Gasteiger charge is -2.45. The predicted molar refractivity (Wildman–Crippen MR) is 120 cm³/mol. The molecule has 0 aliphatic heterocycles. The molecule has 160 valence electrons. The summed E-state index contributed by atoms with van der Waals surface area (Å²) in [6.07, 6.45) is 14.1. The standard InChI is InChI=1S/C24H25ClN4O2/c25-18-7-1-8-19-21(18)17(15-29(19)23-26-11-4-12-27-23)22(31)28-14-20(30)24-9-2-5-16(13-24)6-3-10-24/h1-2,4-5,7-8,11-12,15-16,20,30H,3,6,9-10,13-14H2,(H,28,31). The molecule has 0 spiro atoms. The van der Waals surface area contributed by atoms with Crippen LogP contribution >= 0.6 is 11.6 Å². The Bertz CT molecular complexity index is 1140. The molecule has 31 heavy (non-hydrogen) atoms. The summed E-state index contributed by atoms with van der Waals surface area (Å²) in [5.41, 5.74) is 1.08. The van der Waals surface area contributed by atoms with Gasteiger partial charge in [-0.2, -0.15) is 0 Å². The summed E-state index contributed by atoms with van der Waals surface area (Å²) in [7, 11) is 0. The van der Waals surface area contributed by atoms with E-state index in [-0.39, 0.29) is 17.9 Å². The van der Waals surface area contributed by atoms with Gasteiger partial charge in [0.15, 0.2) is 0 Å². The van der Waals surface area contributed by atoms with Crippen LogP contribution < -0.4 is 5.32 Å². The molecule has 1 saturated carbocycles. The molecule has 3 aromatic rings. The monoisotopic (exact) mass is 436 g/mol. The van der Waals surface area contributed by atoms with Gasteiger partial charge in [-0.1, -0.05) is 36.2 Å². The summed E-state index contributed by atoms with van der Waals surface area (Å²) in [4.78, 5) is 21.8. The first kappa shape index (κ1) is 20.2. The lowest BCUT2D eigenvalue weighted by Crippen LogP contribution is -2.46. The largest absolute Gasteiger partial charge is 0.391 e. The fraction of sp³-hybridized carbons (Fsp3) is 0.375. The molecule has 1 aromatic carbocycles. The van der Waals surface area contributed by atoms with E-state index in [1.54, 1.807) is 35.3 Å². The summed E-state index contributed by atoms with van der Waals surface area (Å²) in [6.45, 7) is 0.221. The molecule has 2 aliphatic carbocycles. The second kappa shape index (κ2) is 8.09. The van der Waals surface area contributed by atoms with Crippen molar-refractivity contribution in [2.45, 2.75) is 38.2 Å². The van der Waals surface area contributed by atoms with Crippen LogP contribution in [0.3, 0.4) is 0 Å². The number of aromatic nitrogens is 3. The van der Waals surface area contributed by atoms with Crippen LogP contribution in [0, 0.1) is 11.3 Å². The zero-order valence-electron chi connectivity index (χ0n) is 17.2. The van der Waals surface area contributed by atoms with Crippen molar-refractivity contribution in [3.8, 4) is 5.95 Å². The van der Waals surface area contributed by atoms with Crippen LogP contribution in [0.4, 0.5) is 0 Å². The van der Waals surface area contributed by atoms with Gasteiger partial charge in [0.1, 0.15) is 0 Å². The number of rotatable bonds is 5. The van der Waals surface area contributed by atoms with Crippen molar-refractivity contribution >= 4 is 28.4 Å². The Balaban J connectivity index is 1.41. The number of hydrogen-bond donors (Lipinski definition) is 2. The van der Waals surface area contributed by atoms with E-state index >= 15 is 0 Å². The number of aliphatic hydroxyl groups excluding tert-OH is 1. The highest BCUT2D eigenvalue weighted by atomic mass is 35.5. The number of allylic oxidation sites excluding steroid dienone is 2. The number of aliphatic hydroxyl groups is 1. The lowest BCUT2D eigenvalue weighted by molar-refractivity contribution is -0.0150. The lowest BCUT2D eigenvalue weighted by atomic mass is 9.62. The van der Waals surface area contributed by atoms with E-state index in [0.717, 1.165) is 31.2 Å². The number of nitrogens with zero attached hydrogens (tertiary/aromatic N) is 3. The maximum Gasteiger partial charge on any atom is 0.253 e. The average Bonchev–Trinajstić information content (AvgIpc) is 3.19. The van der Waals surface area contributed by atoms with Crippen LogP contribution in [0.5, 0.6) is 0 Å². The number of benzene rings is 1. The second-order valence-corrected chi connectivity index (χ2v) is 9.08. The molecule has 1 amide bonds. The fourth-order valence-electron chi connectivity index (χ4n) is 5.22. The third-order valence-corrected chi connectivity index (χ3v) is 7.12. The number of hydrogen-bond acceptors (Lipinski definition) is 4. The van der Waals surface area contributed by atoms with E-state index in [1.807, 2.05) is 12.1 Å². The number of carbonyl (C=O) groups is 1. The van der Waals surface area contributed by atoms with Crippen LogP contribution in [-0.2, 0) is 0 Å². The Labute approximate surface area is 186 Å². The SMILES string of the molecule is O=C(NCC(O)C12CC=CC(CCC1)C2)c1cn(-c2ncccn2)c2cccc(Cl)c12. The molecule has 2 heterocycles. The Kier molecular flexibility index (Phi) is 5.28. The Hall–Kier alpha value is -2.70. The first-order valence-electron chi connectivity index (χ1n) is 10.8. The first-order chi connectivity index (χ1) is 15.1. The van der Waals surface area contributed by atoms with E-state index in [2.05, 4.69) is 27.4 Å². The Morgan fingerprint density at radius 3 is 3.00 bits per heavy atom. The van der Waals surface area contributed by atoms with Crippen LogP contribution in [-0.4, -0.2) is 38.2 Å². The molecule has 2 N–H and O–H groups in total. The van der Waals surface area contributed by atoms with Crippen molar-refractivity contribution in [1.29, 1.82) is 0 Å². The van der Waals surface area contributed by atoms with Gasteiger partial charge in [-0.05, 0) is 49.8 Å². The highest BCUT2D eigenvalue weighted by Gasteiger charge is 2.42. The van der Waals surface area contributed by atoms with Gasteiger partial charge in [0.2, 0.25) is 5.95 Å². The molecule has 0 saturated heterocycles. The molecule has 3 unspecified atom stereocenters. The minimum Gasteiger partial charge on any atom is -0.391 e. The van der Waals surface area contributed by atoms with Crippen molar-refractivity contribution in [1.82, 2.24) is 19.9 Å². The summed E-state index contributed by atoms with van der Waals surface area (Å²) in [5, 5.41) is 15.1. The topological polar surface area (TPSA) is 80.0 Å². The van der Waals surface area contributed by atoms with E-state index in [0.29, 0.717) is 27.8 Å². The van der Waals surface area contributed by atoms with Crippen molar-refractivity contribution < 1.29 is 9.90 Å². The van der Waals surface area contributed by atoms with Gasteiger partial charge in [0.05, 0.1) is 22.2 Å². The van der Waals surface area contributed by atoms with Crippen molar-refractivity contribution in [2.24, 2.45) is 11.3 Å². The fourth-order valence-corrected chi connectivity index (χ4v) is 5.50. The number of halogens is 1. The Morgan fingerprint density at radius 2 is 2.16 bits per heavy atom. The highest BCUT2D eigenvalue weighted by Crippen LogP contribution is 2.48. The minimum absolute atomic E-state index is 0.130. The molecule has 6 nitrogen and oxygen atoms in total. The summed E-state index contributed by atoms with van der Waals surface area (Å²) in [5.74, 6) is 0.757. The average molecular weight is 437 g/mol. The summed E-state index contributed by atoms with van der Waals surface area (Å²) in [6, 6.07) is 7.23. The normalized spacial score (nSPS) is 23.6. The molecule has 1 fully saturated rings. The third-order valence-electron chi connectivity index (χ3n) is 6.80. The quantitative estimate of drug-likeness (QED) is 0.584. The van der Waals surface area contributed by atoms with Crippen LogP contribution in [0.25, 0.3) is 16.9 Å². The van der Waals surface area contributed by atoms with Gasteiger partial charge in [0.25, 0.3) is 5.91 Å². The molecule has 2 aliphatic rings. The first-order valence-corrected chi connectivity index (χ1v) is 11.2. The summed E-state index contributed by atoms with van der Waals surface area (Å²) >= 11 is 6.47. The Morgan fingerprint density at radius 1 is 1.32 bits per heavy atom. The summed E-state index contributed by atoms with van der Waals surface area (Å²) < 4.78 is 1.77. The number of carbonyl (C=O) groups excluding carboxylic acids is 1. The van der Waals surface area contributed by atoms with Gasteiger partial charge in [0, 0.05) is 35.9 Å². The molecule has 2 aromatic heterocycles. The molecule has 3 atom stereocenters. The zero-order chi connectivity index (χ0) is 21.4. The minimum atomic E-state index is -0.578. The van der Waals surface area contributed by atoms with Gasteiger partial charge < -0.3 is 10.4 Å². The van der Waals surface area contributed by atoms with Crippen molar-refractivity contribution in [2.75, 3.05) is 6.54 Å². The highest BCUT2D eigenvalue weighted by molar-refractivity contribution is 6.37. The number of fused-ring (bicyclic) bond motifs is 3. The van der Waals surface area contributed by atoms with E-state index in [1.165, 1.54) is 6.42 Å². The second-order valence-electron chi connectivity index (χ2n) is 8.67. The van der Waals surface area contributed by atoms with Gasteiger partial charge >= 0.3 is 0 Å². The van der Waals surface area contributed by atoms with Crippen LogP contribution in [0.15, 0.2) is 55.0 Å². The predicted octanol–water partition coefficient (Wildman–Crippen LogP) is 4.30. The molecule has 2 bridgehead atoms. The van der Waals surface area contributed by atoms with Crippen molar-refractivity contribution in [3.63, 3.8) is 0 Å². The van der Waals surface area contributed by atoms with E-state index < -0.39 is 6.10 Å². The van der Waals surface area contributed by atoms with E-state index in [4.69, 9.17) is 11.6 Å². The van der Waals surface area contributed by atoms with Gasteiger partial charge in [-0.3, -0.25) is 9.36 Å². The third kappa shape index (κ3) is 3.64. The van der Waals surface area contributed by atoms with Gasteiger partial charge in [-0.25, -0.2) is 9.97 Å². The maximum absolute atomic E-state index is 13.2. The molecule has 5 rings (SSSR count). The zero-order valence-corrected chi connectivity index (χ0v) is 17.9. The van der Waals surface area contributed by atoms with Crippen molar-refractivity contribution in [3.05, 3.63) is 65.6 Å². The molecule has 0 radical (unpaired) electrons. The number of amides is 1. The van der Waals surface area contributed by atoms with Crippen LogP contribution in [0.1, 0.15) is 42.5 Å². The van der Waals surface area contributed by atoms with Gasteiger partial charge in [-0.15, -0.1) is 0 Å².